The summed E-state index contributed by atoms with van der Waals surface area (Å²) in [5.41, 5.74) is -0.751. The van der Waals surface area contributed by atoms with Crippen molar-refractivity contribution in [2.24, 2.45) is 7.05 Å². The first kappa shape index (κ1) is 23.5. The van der Waals surface area contributed by atoms with Gasteiger partial charge < -0.3 is 19.4 Å². The Labute approximate surface area is 194 Å². The second-order valence-electron chi connectivity index (χ2n) is 7.33. The van der Waals surface area contributed by atoms with Crippen molar-refractivity contribution in [3.63, 3.8) is 0 Å². The highest BCUT2D eigenvalue weighted by molar-refractivity contribution is 5.94. The number of benzene rings is 2. The normalized spacial score (nSPS) is 11.3. The van der Waals surface area contributed by atoms with Crippen LogP contribution >= 0.6 is 0 Å². The van der Waals surface area contributed by atoms with Gasteiger partial charge in [-0.1, -0.05) is 18.2 Å². The maximum Gasteiger partial charge on any atom is 0.573 e. The highest BCUT2D eigenvalue weighted by Crippen LogP contribution is 2.25. The fraction of sp³-hybridized carbons (Fsp3) is 0.130. The number of ether oxygens (including phenoxy) is 2. The zero-order valence-electron chi connectivity index (χ0n) is 18.3. The standard InChI is InChI=1S/C23H17F3N4O5/c1-29-12-13(22(33)34-2)11-18(21(29)32)27-19-16-5-3-4-6-17(16)20(31)30(28-19)14-7-9-15(10-8-14)35-23(24,25)26/h3-12H,1-2H3,(H,27,28). The number of esters is 1. The summed E-state index contributed by atoms with van der Waals surface area (Å²) in [4.78, 5) is 37.8. The van der Waals surface area contributed by atoms with Crippen molar-refractivity contribution in [2.75, 3.05) is 12.4 Å². The number of rotatable bonds is 5. The van der Waals surface area contributed by atoms with Crippen LogP contribution in [-0.4, -0.2) is 33.8 Å². The van der Waals surface area contributed by atoms with Gasteiger partial charge in [0.05, 0.1) is 23.7 Å². The van der Waals surface area contributed by atoms with E-state index < -0.39 is 29.2 Å². The minimum absolute atomic E-state index is 0.00724. The highest BCUT2D eigenvalue weighted by atomic mass is 19.4. The third kappa shape index (κ3) is 4.86. The van der Waals surface area contributed by atoms with Crippen molar-refractivity contribution in [3.8, 4) is 11.4 Å². The van der Waals surface area contributed by atoms with Gasteiger partial charge in [0.15, 0.2) is 5.82 Å². The van der Waals surface area contributed by atoms with E-state index in [1.54, 1.807) is 24.3 Å². The Morgan fingerprint density at radius 3 is 2.29 bits per heavy atom. The second-order valence-corrected chi connectivity index (χ2v) is 7.33. The molecule has 0 radical (unpaired) electrons. The van der Waals surface area contributed by atoms with Gasteiger partial charge in [0.1, 0.15) is 11.4 Å². The SMILES string of the molecule is COC(=O)c1cc(Nc2nn(-c3ccc(OC(F)(F)F)cc3)c(=O)c3ccccc23)c(=O)n(C)c1. The fourth-order valence-electron chi connectivity index (χ4n) is 3.40. The Hall–Kier alpha value is -4.61. The first-order valence-corrected chi connectivity index (χ1v) is 10.0. The van der Waals surface area contributed by atoms with E-state index in [-0.39, 0.29) is 28.1 Å². The van der Waals surface area contributed by atoms with Crippen LogP contribution in [0.15, 0.2) is 70.4 Å². The molecule has 2 aromatic carbocycles. The van der Waals surface area contributed by atoms with E-state index >= 15 is 0 Å². The maximum absolute atomic E-state index is 13.1. The summed E-state index contributed by atoms with van der Waals surface area (Å²) in [5.74, 6) is -1.01. The number of nitrogens with zero attached hydrogens (tertiary/aromatic N) is 3. The van der Waals surface area contributed by atoms with Crippen LogP contribution < -0.4 is 21.2 Å². The molecule has 0 unspecified atom stereocenters. The van der Waals surface area contributed by atoms with E-state index in [9.17, 15) is 27.6 Å². The lowest BCUT2D eigenvalue weighted by atomic mass is 10.1. The molecule has 1 N–H and O–H groups in total. The maximum atomic E-state index is 13.1. The number of fused-ring (bicyclic) bond motifs is 1. The molecular weight excluding hydrogens is 469 g/mol. The monoisotopic (exact) mass is 486 g/mol. The molecule has 0 aliphatic heterocycles. The molecule has 4 aromatic rings. The number of halogens is 3. The van der Waals surface area contributed by atoms with Crippen LogP contribution in [0.2, 0.25) is 0 Å². The zero-order valence-corrected chi connectivity index (χ0v) is 18.3. The number of alkyl halides is 3. The summed E-state index contributed by atoms with van der Waals surface area (Å²) in [6.07, 6.45) is -3.54. The van der Waals surface area contributed by atoms with Gasteiger partial charge in [-0.05, 0) is 36.4 Å². The average molecular weight is 486 g/mol. The lowest BCUT2D eigenvalue weighted by Crippen LogP contribution is -2.25. The lowest BCUT2D eigenvalue weighted by molar-refractivity contribution is -0.274. The topological polar surface area (TPSA) is 104 Å². The molecule has 2 heterocycles. The van der Waals surface area contributed by atoms with Gasteiger partial charge in [-0.15, -0.1) is 18.3 Å². The highest BCUT2D eigenvalue weighted by Gasteiger charge is 2.31. The van der Waals surface area contributed by atoms with Crippen LogP contribution in [0.25, 0.3) is 16.5 Å². The summed E-state index contributed by atoms with van der Waals surface area (Å²) < 4.78 is 48.2. The summed E-state index contributed by atoms with van der Waals surface area (Å²) in [6.45, 7) is 0. The van der Waals surface area contributed by atoms with E-state index in [0.717, 1.165) is 16.8 Å². The molecule has 0 aliphatic carbocycles. The molecule has 4 rings (SSSR count). The predicted octanol–water partition coefficient (Wildman–Crippen LogP) is 3.51. The number of anilines is 2. The molecule has 0 saturated carbocycles. The van der Waals surface area contributed by atoms with Crippen molar-refractivity contribution >= 4 is 28.2 Å². The number of aryl methyl sites for hydroxylation is 1. The number of carbonyl (C=O) groups excluding carboxylic acids is 1. The third-order valence-electron chi connectivity index (χ3n) is 4.98. The lowest BCUT2D eigenvalue weighted by Gasteiger charge is -2.14. The summed E-state index contributed by atoms with van der Waals surface area (Å²) in [6, 6.07) is 12.3. The molecule has 12 heteroatoms. The Bertz CT molecular complexity index is 1540. The quantitative estimate of drug-likeness (QED) is 0.431. The number of hydrogen-bond acceptors (Lipinski definition) is 7. The Morgan fingerprint density at radius 2 is 1.66 bits per heavy atom. The average Bonchev–Trinajstić information content (AvgIpc) is 2.82. The van der Waals surface area contributed by atoms with Gasteiger partial charge in [-0.3, -0.25) is 9.59 Å². The number of hydrogen-bond donors (Lipinski definition) is 1. The van der Waals surface area contributed by atoms with Crippen LogP contribution in [0, 0.1) is 0 Å². The van der Waals surface area contributed by atoms with Gasteiger partial charge in [0.25, 0.3) is 11.1 Å². The number of aromatic nitrogens is 3. The Kier molecular flexibility index (Phi) is 6.03. The molecule has 0 saturated heterocycles. The van der Waals surface area contributed by atoms with Crippen LogP contribution in [0.4, 0.5) is 24.7 Å². The molecule has 0 bridgehead atoms. The van der Waals surface area contributed by atoms with Gasteiger partial charge in [-0.2, -0.15) is 4.68 Å². The number of nitrogens with one attached hydrogen (secondary N) is 1. The molecule has 180 valence electrons. The Balaban J connectivity index is 1.84. The van der Waals surface area contributed by atoms with Gasteiger partial charge in [0, 0.05) is 18.6 Å². The van der Waals surface area contributed by atoms with E-state index in [0.29, 0.717) is 5.39 Å². The second kappa shape index (κ2) is 8.97. The Morgan fingerprint density at radius 1 is 1.00 bits per heavy atom. The fourth-order valence-corrected chi connectivity index (χ4v) is 3.40. The first-order valence-electron chi connectivity index (χ1n) is 10.0. The molecule has 0 fully saturated rings. The van der Waals surface area contributed by atoms with Crippen molar-refractivity contribution in [1.29, 1.82) is 0 Å². The summed E-state index contributed by atoms with van der Waals surface area (Å²) >= 11 is 0. The van der Waals surface area contributed by atoms with Crippen molar-refractivity contribution in [3.05, 3.63) is 87.1 Å². The van der Waals surface area contributed by atoms with Crippen molar-refractivity contribution in [2.45, 2.75) is 6.36 Å². The van der Waals surface area contributed by atoms with E-state index in [1.807, 2.05) is 0 Å². The number of carbonyl (C=O) groups is 1. The molecule has 9 nitrogen and oxygen atoms in total. The van der Waals surface area contributed by atoms with Crippen LogP contribution in [0.5, 0.6) is 5.75 Å². The van der Waals surface area contributed by atoms with Crippen molar-refractivity contribution < 1.29 is 27.4 Å². The number of methoxy groups -OCH3 is 1. The molecular formula is C23H17F3N4O5. The van der Waals surface area contributed by atoms with E-state index in [1.165, 1.54) is 43.1 Å². The van der Waals surface area contributed by atoms with Gasteiger partial charge in [-0.25, -0.2) is 4.79 Å². The third-order valence-corrected chi connectivity index (χ3v) is 4.98. The number of pyridine rings is 1. The van der Waals surface area contributed by atoms with Crippen LogP contribution in [0.1, 0.15) is 10.4 Å². The van der Waals surface area contributed by atoms with E-state index in [4.69, 9.17) is 4.74 Å². The minimum atomic E-state index is -4.86. The summed E-state index contributed by atoms with van der Waals surface area (Å²) in [7, 11) is 2.66. The first-order chi connectivity index (χ1) is 16.6. The van der Waals surface area contributed by atoms with Gasteiger partial charge >= 0.3 is 12.3 Å². The van der Waals surface area contributed by atoms with E-state index in [2.05, 4.69) is 15.2 Å². The smallest absolute Gasteiger partial charge is 0.465 e. The minimum Gasteiger partial charge on any atom is -0.465 e. The van der Waals surface area contributed by atoms with Crippen LogP contribution in [-0.2, 0) is 11.8 Å². The molecule has 0 spiro atoms. The zero-order chi connectivity index (χ0) is 25.3. The molecule has 35 heavy (non-hydrogen) atoms. The largest absolute Gasteiger partial charge is 0.573 e. The van der Waals surface area contributed by atoms with Gasteiger partial charge in [0.2, 0.25) is 0 Å². The molecule has 2 aromatic heterocycles. The molecule has 0 atom stereocenters. The predicted molar refractivity (Wildman–Crippen MR) is 120 cm³/mol. The molecule has 0 amide bonds. The molecule has 0 aliphatic rings. The van der Waals surface area contributed by atoms with Crippen LogP contribution in [0.3, 0.4) is 0 Å². The van der Waals surface area contributed by atoms with Crippen molar-refractivity contribution in [1.82, 2.24) is 14.3 Å². The summed E-state index contributed by atoms with van der Waals surface area (Å²) in [5, 5.41) is 7.79.